The van der Waals surface area contributed by atoms with Crippen LogP contribution in [-0.4, -0.2) is 21.0 Å². The fraction of sp³-hybridized carbons (Fsp3) is 0.294. The highest BCUT2D eigenvalue weighted by Gasteiger charge is 2.26. The first kappa shape index (κ1) is 13.9. The van der Waals surface area contributed by atoms with Crippen LogP contribution in [0.25, 0.3) is 11.1 Å². The molecule has 6 heteroatoms. The Morgan fingerprint density at radius 3 is 3.09 bits per heavy atom. The summed E-state index contributed by atoms with van der Waals surface area (Å²) in [5, 5.41) is 7.65. The molecule has 1 amide bonds. The van der Waals surface area contributed by atoms with Gasteiger partial charge in [-0.1, -0.05) is 11.2 Å². The molecule has 6 nitrogen and oxygen atoms in total. The zero-order chi connectivity index (χ0) is 15.8. The van der Waals surface area contributed by atoms with Crippen molar-refractivity contribution >= 4 is 17.0 Å². The molecule has 0 aromatic carbocycles. The number of fused-ring (bicyclic) bond motifs is 2. The lowest BCUT2D eigenvalue weighted by Crippen LogP contribution is -2.25. The number of nitrogens with zero attached hydrogens (tertiary/aromatic N) is 3. The molecule has 0 atom stereocenters. The molecule has 0 saturated carbocycles. The second-order valence-electron chi connectivity index (χ2n) is 5.72. The van der Waals surface area contributed by atoms with Gasteiger partial charge in [0.05, 0.1) is 28.9 Å². The molecule has 3 aromatic rings. The molecular formula is C17H16N4O2. The van der Waals surface area contributed by atoms with Gasteiger partial charge in [-0.25, -0.2) is 4.98 Å². The van der Waals surface area contributed by atoms with Crippen molar-refractivity contribution in [1.82, 2.24) is 20.4 Å². The van der Waals surface area contributed by atoms with Crippen molar-refractivity contribution in [2.75, 3.05) is 0 Å². The number of rotatable bonds is 3. The summed E-state index contributed by atoms with van der Waals surface area (Å²) in [6, 6.07) is 5.64. The zero-order valence-corrected chi connectivity index (χ0v) is 12.8. The summed E-state index contributed by atoms with van der Waals surface area (Å²) in [5.41, 5.74) is 4.62. The van der Waals surface area contributed by atoms with E-state index in [0.29, 0.717) is 23.5 Å². The third-order valence-corrected chi connectivity index (χ3v) is 4.20. The number of nitrogens with one attached hydrogen (secondary N) is 1. The van der Waals surface area contributed by atoms with Crippen LogP contribution in [0.2, 0.25) is 0 Å². The molecule has 116 valence electrons. The Balaban J connectivity index is 1.72. The Morgan fingerprint density at radius 2 is 2.26 bits per heavy atom. The molecule has 0 aliphatic heterocycles. The zero-order valence-electron chi connectivity index (χ0n) is 12.8. The van der Waals surface area contributed by atoms with Crippen LogP contribution in [0.3, 0.4) is 0 Å². The van der Waals surface area contributed by atoms with Gasteiger partial charge in [0, 0.05) is 11.9 Å². The van der Waals surface area contributed by atoms with Crippen LogP contribution in [0.4, 0.5) is 0 Å². The van der Waals surface area contributed by atoms with Crippen LogP contribution in [0.15, 0.2) is 28.9 Å². The molecule has 3 heterocycles. The number of amides is 1. The number of aryl methyl sites for hydroxylation is 2. The summed E-state index contributed by atoms with van der Waals surface area (Å²) < 4.78 is 5.27. The van der Waals surface area contributed by atoms with Crippen LogP contribution >= 0.6 is 0 Å². The van der Waals surface area contributed by atoms with Crippen LogP contribution in [0, 0.1) is 6.92 Å². The molecule has 23 heavy (non-hydrogen) atoms. The predicted molar refractivity (Wildman–Crippen MR) is 84.0 cm³/mol. The standard InChI is InChI=1S/C17H16N4O2/c1-10-14-15(16(22)19-9-11-5-2-3-8-18-11)12-6-4-7-13(12)20-17(14)23-21-10/h2-3,5,8H,4,6-7,9H2,1H3,(H,19,22). The van der Waals surface area contributed by atoms with Crippen LogP contribution in [-0.2, 0) is 19.4 Å². The molecule has 0 saturated heterocycles. The highest BCUT2D eigenvalue weighted by Crippen LogP contribution is 2.31. The fourth-order valence-electron chi connectivity index (χ4n) is 3.13. The number of hydrogen-bond acceptors (Lipinski definition) is 5. The van der Waals surface area contributed by atoms with E-state index in [1.807, 2.05) is 25.1 Å². The van der Waals surface area contributed by atoms with E-state index in [-0.39, 0.29) is 5.91 Å². The van der Waals surface area contributed by atoms with E-state index in [4.69, 9.17) is 4.52 Å². The van der Waals surface area contributed by atoms with Crippen molar-refractivity contribution in [3.63, 3.8) is 0 Å². The lowest BCUT2D eigenvalue weighted by atomic mass is 10.0. The van der Waals surface area contributed by atoms with Crippen molar-refractivity contribution in [3.8, 4) is 0 Å². The molecule has 0 spiro atoms. The Hall–Kier alpha value is -2.76. The summed E-state index contributed by atoms with van der Waals surface area (Å²) in [6.07, 6.45) is 4.48. The molecule has 1 aliphatic rings. The SMILES string of the molecule is Cc1noc2nc3c(c(C(=O)NCc4ccccn4)c12)CCC3. The van der Waals surface area contributed by atoms with E-state index in [0.717, 1.165) is 41.6 Å². The van der Waals surface area contributed by atoms with Gasteiger partial charge in [-0.3, -0.25) is 9.78 Å². The lowest BCUT2D eigenvalue weighted by Gasteiger charge is -2.10. The van der Waals surface area contributed by atoms with Crippen LogP contribution in [0.1, 0.15) is 39.4 Å². The highest BCUT2D eigenvalue weighted by atomic mass is 16.5. The second kappa shape index (κ2) is 5.46. The van der Waals surface area contributed by atoms with Crippen molar-refractivity contribution in [2.45, 2.75) is 32.7 Å². The molecule has 0 bridgehead atoms. The van der Waals surface area contributed by atoms with Gasteiger partial charge in [-0.15, -0.1) is 0 Å². The number of hydrogen-bond donors (Lipinski definition) is 1. The molecule has 0 unspecified atom stereocenters. The summed E-state index contributed by atoms with van der Waals surface area (Å²) in [6.45, 7) is 2.23. The predicted octanol–water partition coefficient (Wildman–Crippen LogP) is 2.34. The maximum Gasteiger partial charge on any atom is 0.259 e. The van der Waals surface area contributed by atoms with Gasteiger partial charge < -0.3 is 9.84 Å². The van der Waals surface area contributed by atoms with Gasteiger partial charge in [0.15, 0.2) is 0 Å². The third kappa shape index (κ3) is 2.36. The van der Waals surface area contributed by atoms with E-state index in [1.165, 1.54) is 0 Å². The molecule has 1 aliphatic carbocycles. The number of aromatic nitrogens is 3. The van der Waals surface area contributed by atoms with Gasteiger partial charge in [0.25, 0.3) is 11.6 Å². The van der Waals surface area contributed by atoms with E-state index < -0.39 is 0 Å². The Labute approximate surface area is 132 Å². The average Bonchev–Trinajstić information content (AvgIpc) is 3.18. The Morgan fingerprint density at radius 1 is 1.35 bits per heavy atom. The van der Waals surface area contributed by atoms with Gasteiger partial charge in [-0.2, -0.15) is 0 Å². The third-order valence-electron chi connectivity index (χ3n) is 4.20. The van der Waals surface area contributed by atoms with Crippen molar-refractivity contribution in [3.05, 3.63) is 52.6 Å². The summed E-state index contributed by atoms with van der Waals surface area (Å²) in [4.78, 5) is 21.6. The normalized spacial score (nSPS) is 13.3. The Kier molecular flexibility index (Phi) is 3.29. The minimum atomic E-state index is -0.118. The molecule has 0 radical (unpaired) electrons. The molecule has 3 aromatic heterocycles. The maximum atomic E-state index is 12.8. The van der Waals surface area contributed by atoms with Gasteiger partial charge in [0.1, 0.15) is 0 Å². The smallest absolute Gasteiger partial charge is 0.259 e. The van der Waals surface area contributed by atoms with E-state index in [1.54, 1.807) is 6.20 Å². The first-order valence-electron chi connectivity index (χ1n) is 7.70. The fourth-order valence-corrected chi connectivity index (χ4v) is 3.13. The van der Waals surface area contributed by atoms with Gasteiger partial charge >= 0.3 is 0 Å². The maximum absolute atomic E-state index is 12.8. The second-order valence-corrected chi connectivity index (χ2v) is 5.72. The first-order valence-corrected chi connectivity index (χ1v) is 7.70. The van der Waals surface area contributed by atoms with Crippen molar-refractivity contribution in [1.29, 1.82) is 0 Å². The summed E-state index contributed by atoms with van der Waals surface area (Å²) in [5.74, 6) is -0.118. The molecule has 1 N–H and O–H groups in total. The summed E-state index contributed by atoms with van der Waals surface area (Å²) >= 11 is 0. The van der Waals surface area contributed by atoms with E-state index in [9.17, 15) is 4.79 Å². The lowest BCUT2D eigenvalue weighted by molar-refractivity contribution is 0.0951. The number of carbonyl (C=O) groups excluding carboxylic acids is 1. The minimum absolute atomic E-state index is 0.118. The minimum Gasteiger partial charge on any atom is -0.346 e. The molecule has 0 fully saturated rings. The summed E-state index contributed by atoms with van der Waals surface area (Å²) in [7, 11) is 0. The molecular weight excluding hydrogens is 292 g/mol. The number of carbonyl (C=O) groups is 1. The van der Waals surface area contributed by atoms with Crippen molar-refractivity contribution in [2.24, 2.45) is 0 Å². The van der Waals surface area contributed by atoms with Crippen molar-refractivity contribution < 1.29 is 9.32 Å². The quantitative estimate of drug-likeness (QED) is 0.803. The largest absolute Gasteiger partial charge is 0.346 e. The average molecular weight is 308 g/mol. The highest BCUT2D eigenvalue weighted by molar-refractivity contribution is 6.07. The van der Waals surface area contributed by atoms with E-state index in [2.05, 4.69) is 20.4 Å². The Bertz CT molecular complexity index is 886. The molecule has 4 rings (SSSR count). The first-order chi connectivity index (χ1) is 11.2. The van der Waals surface area contributed by atoms with Crippen LogP contribution in [0.5, 0.6) is 0 Å². The van der Waals surface area contributed by atoms with E-state index >= 15 is 0 Å². The van der Waals surface area contributed by atoms with Gasteiger partial charge in [-0.05, 0) is 43.9 Å². The monoisotopic (exact) mass is 308 g/mol. The van der Waals surface area contributed by atoms with Crippen LogP contribution < -0.4 is 5.32 Å². The topological polar surface area (TPSA) is 80.9 Å². The number of pyridine rings is 2. The van der Waals surface area contributed by atoms with Gasteiger partial charge in [0.2, 0.25) is 0 Å².